The molecule has 0 aliphatic carbocycles. The van der Waals surface area contributed by atoms with Gasteiger partial charge in [-0.1, -0.05) is 57.9 Å². The molecule has 0 N–H and O–H groups in total. The van der Waals surface area contributed by atoms with Gasteiger partial charge in [0.15, 0.2) is 0 Å². The molecule has 3 aromatic carbocycles. The maximum absolute atomic E-state index is 13.9. The maximum Gasteiger partial charge on any atom is 0.293 e. The summed E-state index contributed by atoms with van der Waals surface area (Å²) < 4.78 is 20.4. The lowest BCUT2D eigenvalue weighted by Crippen LogP contribution is -2.27. The molecule has 32 heavy (non-hydrogen) atoms. The number of thioether (sulfide) groups is 1. The van der Waals surface area contributed by atoms with Gasteiger partial charge < -0.3 is 4.74 Å². The van der Waals surface area contributed by atoms with E-state index in [0.717, 1.165) is 27.4 Å². The average molecular weight is 533 g/mol. The van der Waals surface area contributed by atoms with Crippen molar-refractivity contribution in [2.75, 3.05) is 0 Å². The van der Waals surface area contributed by atoms with E-state index in [1.807, 2.05) is 24.3 Å². The molecule has 0 saturated carbocycles. The molecular weight excluding hydrogens is 517 g/mol. The molecule has 0 aromatic heterocycles. The number of imide groups is 1. The van der Waals surface area contributed by atoms with Crippen LogP contribution in [-0.2, 0) is 17.9 Å². The van der Waals surface area contributed by atoms with Crippen molar-refractivity contribution in [1.82, 2.24) is 4.90 Å². The smallest absolute Gasteiger partial charge is 0.293 e. The summed E-state index contributed by atoms with van der Waals surface area (Å²) in [5.41, 5.74) is 1.90. The number of carbonyl (C=O) groups is 2. The van der Waals surface area contributed by atoms with Gasteiger partial charge in [-0.25, -0.2) is 4.39 Å². The lowest BCUT2D eigenvalue weighted by Gasteiger charge is -2.12. The van der Waals surface area contributed by atoms with E-state index in [1.165, 1.54) is 17.0 Å². The molecule has 4 rings (SSSR count). The van der Waals surface area contributed by atoms with Crippen molar-refractivity contribution in [2.45, 2.75) is 13.2 Å². The molecular formula is C24H16BrClFNO3S. The first-order valence-corrected chi connectivity index (χ1v) is 11.5. The summed E-state index contributed by atoms with van der Waals surface area (Å²) in [5.74, 6) is -0.213. The predicted molar refractivity (Wildman–Crippen MR) is 128 cm³/mol. The Hall–Kier alpha value is -2.61. The summed E-state index contributed by atoms with van der Waals surface area (Å²) in [5, 5.41) is 0.00590. The highest BCUT2D eigenvalue weighted by atomic mass is 79.9. The van der Waals surface area contributed by atoms with Crippen molar-refractivity contribution >= 4 is 56.5 Å². The highest BCUT2D eigenvalue weighted by Gasteiger charge is 2.34. The molecule has 1 aliphatic rings. The predicted octanol–water partition coefficient (Wildman–Crippen LogP) is 7.06. The van der Waals surface area contributed by atoms with Crippen LogP contribution in [0.2, 0.25) is 5.02 Å². The fourth-order valence-corrected chi connectivity index (χ4v) is 4.37. The Bertz CT molecular complexity index is 1180. The third kappa shape index (κ3) is 5.23. The van der Waals surface area contributed by atoms with Gasteiger partial charge in [0.25, 0.3) is 11.1 Å². The molecule has 0 radical (unpaired) electrons. The minimum atomic E-state index is -0.423. The summed E-state index contributed by atoms with van der Waals surface area (Å²) in [6, 6.07) is 18.9. The van der Waals surface area contributed by atoms with E-state index in [4.69, 9.17) is 16.3 Å². The third-order valence-electron chi connectivity index (χ3n) is 4.75. The third-order valence-corrected chi connectivity index (χ3v) is 6.54. The van der Waals surface area contributed by atoms with Crippen LogP contribution in [0.5, 0.6) is 5.75 Å². The molecule has 0 spiro atoms. The Kier molecular flexibility index (Phi) is 6.98. The van der Waals surface area contributed by atoms with Gasteiger partial charge in [-0.2, -0.15) is 0 Å². The van der Waals surface area contributed by atoms with E-state index in [-0.39, 0.29) is 29.9 Å². The van der Waals surface area contributed by atoms with Crippen LogP contribution >= 0.6 is 39.3 Å². The van der Waals surface area contributed by atoms with Gasteiger partial charge in [0.05, 0.1) is 16.5 Å². The Morgan fingerprint density at radius 3 is 2.44 bits per heavy atom. The highest BCUT2D eigenvalue weighted by Crippen LogP contribution is 2.33. The topological polar surface area (TPSA) is 46.6 Å². The number of carbonyl (C=O) groups excluding carboxylic acids is 2. The Morgan fingerprint density at radius 2 is 1.75 bits per heavy atom. The number of hydrogen-bond donors (Lipinski definition) is 0. The minimum absolute atomic E-state index is 0.000199. The summed E-state index contributed by atoms with van der Waals surface area (Å²) in [4.78, 5) is 26.6. The van der Waals surface area contributed by atoms with Crippen LogP contribution in [0.1, 0.15) is 16.7 Å². The number of nitrogens with zero attached hydrogens (tertiary/aromatic N) is 1. The van der Waals surface area contributed by atoms with Crippen molar-refractivity contribution in [3.8, 4) is 5.75 Å². The zero-order valence-electron chi connectivity index (χ0n) is 16.6. The fourth-order valence-electron chi connectivity index (χ4n) is 3.05. The SMILES string of the molecule is O=C1S/C(=C\c2ccc(OCc3c(F)cccc3Cl)cc2)C(=O)N1Cc1ccc(Br)cc1. The van der Waals surface area contributed by atoms with Crippen LogP contribution < -0.4 is 4.74 Å². The van der Waals surface area contributed by atoms with Crippen LogP contribution in [0.15, 0.2) is 76.1 Å². The van der Waals surface area contributed by atoms with Crippen molar-refractivity contribution < 1.29 is 18.7 Å². The van der Waals surface area contributed by atoms with Gasteiger partial charge in [0.2, 0.25) is 0 Å². The summed E-state index contributed by atoms with van der Waals surface area (Å²) in [6.45, 7) is 0.223. The molecule has 1 fully saturated rings. The molecule has 0 bridgehead atoms. The lowest BCUT2D eigenvalue weighted by atomic mass is 10.2. The Labute approximate surface area is 202 Å². The van der Waals surface area contributed by atoms with Crippen molar-refractivity contribution in [1.29, 1.82) is 0 Å². The van der Waals surface area contributed by atoms with Crippen molar-refractivity contribution in [2.24, 2.45) is 0 Å². The second-order valence-electron chi connectivity index (χ2n) is 6.95. The van der Waals surface area contributed by atoms with E-state index in [2.05, 4.69) is 15.9 Å². The first-order valence-electron chi connectivity index (χ1n) is 9.56. The molecule has 0 atom stereocenters. The number of rotatable bonds is 6. The molecule has 2 amide bonds. The standard InChI is InChI=1S/C24H16BrClFNO3S/c25-17-8-4-16(5-9-17)13-28-23(29)22(32-24(28)30)12-15-6-10-18(11-7-15)31-14-19-20(26)2-1-3-21(19)27/h1-12H,13-14H2/b22-12-. The first-order chi connectivity index (χ1) is 15.4. The molecule has 1 saturated heterocycles. The van der Waals surface area contributed by atoms with Gasteiger partial charge >= 0.3 is 0 Å². The van der Waals surface area contributed by atoms with Gasteiger partial charge in [0.1, 0.15) is 18.2 Å². The molecule has 1 heterocycles. The van der Waals surface area contributed by atoms with E-state index < -0.39 is 5.82 Å². The minimum Gasteiger partial charge on any atom is -0.489 e. The number of benzene rings is 3. The van der Waals surface area contributed by atoms with E-state index >= 15 is 0 Å². The monoisotopic (exact) mass is 531 g/mol. The Morgan fingerprint density at radius 1 is 1.03 bits per heavy atom. The van der Waals surface area contributed by atoms with E-state index in [9.17, 15) is 14.0 Å². The maximum atomic E-state index is 13.9. The molecule has 0 unspecified atom stereocenters. The quantitative estimate of drug-likeness (QED) is 0.319. The molecule has 1 aliphatic heterocycles. The Balaban J connectivity index is 1.42. The van der Waals surface area contributed by atoms with Crippen molar-refractivity contribution in [3.05, 3.63) is 104 Å². The average Bonchev–Trinajstić information content (AvgIpc) is 3.03. The van der Waals surface area contributed by atoms with Gasteiger partial charge in [-0.3, -0.25) is 14.5 Å². The van der Waals surface area contributed by atoms with E-state index in [1.54, 1.807) is 36.4 Å². The van der Waals surface area contributed by atoms with Gasteiger partial charge in [-0.05, 0) is 65.4 Å². The number of hydrogen-bond acceptors (Lipinski definition) is 4. The lowest BCUT2D eigenvalue weighted by molar-refractivity contribution is -0.123. The van der Waals surface area contributed by atoms with Gasteiger partial charge in [0, 0.05) is 10.0 Å². The molecule has 3 aromatic rings. The van der Waals surface area contributed by atoms with Crippen LogP contribution in [0.3, 0.4) is 0 Å². The second-order valence-corrected chi connectivity index (χ2v) is 9.27. The number of halogens is 3. The van der Waals surface area contributed by atoms with Gasteiger partial charge in [-0.15, -0.1) is 0 Å². The van der Waals surface area contributed by atoms with Crippen LogP contribution in [-0.4, -0.2) is 16.0 Å². The number of amides is 2. The second kappa shape index (κ2) is 9.90. The van der Waals surface area contributed by atoms with E-state index in [0.29, 0.717) is 15.7 Å². The highest BCUT2D eigenvalue weighted by molar-refractivity contribution is 9.10. The van der Waals surface area contributed by atoms with Crippen LogP contribution in [0.4, 0.5) is 9.18 Å². The summed E-state index contributed by atoms with van der Waals surface area (Å²) in [6.07, 6.45) is 1.67. The number of ether oxygens (including phenoxy) is 1. The molecule has 8 heteroatoms. The van der Waals surface area contributed by atoms with Crippen molar-refractivity contribution in [3.63, 3.8) is 0 Å². The largest absolute Gasteiger partial charge is 0.489 e. The fraction of sp³-hybridized carbons (Fsp3) is 0.0833. The molecule has 4 nitrogen and oxygen atoms in total. The molecule has 162 valence electrons. The zero-order valence-corrected chi connectivity index (χ0v) is 19.7. The first kappa shape index (κ1) is 22.6. The summed E-state index contributed by atoms with van der Waals surface area (Å²) in [7, 11) is 0. The summed E-state index contributed by atoms with van der Waals surface area (Å²) >= 11 is 10.3. The van der Waals surface area contributed by atoms with Crippen LogP contribution in [0, 0.1) is 5.82 Å². The normalized spacial score (nSPS) is 15.0. The zero-order chi connectivity index (χ0) is 22.7. The van der Waals surface area contributed by atoms with Crippen LogP contribution in [0.25, 0.3) is 6.08 Å².